The topological polar surface area (TPSA) is 572 Å². The number of fused-ring (bicyclic) bond motifs is 8. The number of anilines is 4. The SMILES string of the molecule is Cc1cn(-c2cncc3[nH]c(-c4[nH]nc5ncc(-c6cncc(NC(=O)C7CC7)c6)cc45)nc23)cn1.Cc1cn(-c2cncc3[nH]c(-c4[nH]nc5ncc(-c6cncc(NC(=O)C7CCC7)c6)cc45)nc23)cn1.Cc1cn(-c2cncc3[nH]c(-c4[nH]nc5ncc(-c6cncc(NC(=O)C7CCCC7)c6)cc45)nc23)cn1.Cc1cn(-c2cncc3[nH]c(-c4[nH]nc5ncc(-c6cncc(NC(=O)C7CCCCC7)c6)cc45)nc23)cn1. The van der Waals surface area contributed by atoms with Crippen LogP contribution in [0.1, 0.15) is 113 Å². The van der Waals surface area contributed by atoms with Crippen molar-refractivity contribution in [1.29, 1.82) is 0 Å². The molecule has 4 amide bonds. The van der Waals surface area contributed by atoms with E-state index >= 15 is 0 Å². The van der Waals surface area contributed by atoms with Gasteiger partial charge in [-0.25, -0.2) is 59.8 Å². The van der Waals surface area contributed by atoms with E-state index in [-0.39, 0.29) is 47.3 Å². The van der Waals surface area contributed by atoms with Crippen LogP contribution in [0.2, 0.25) is 0 Å². The van der Waals surface area contributed by atoms with Gasteiger partial charge in [0, 0.05) is 143 Å². The molecule has 4 aliphatic rings. The fourth-order valence-corrected chi connectivity index (χ4v) is 19.3. The van der Waals surface area contributed by atoms with Gasteiger partial charge in [0.05, 0.1) is 212 Å². The summed E-state index contributed by atoms with van der Waals surface area (Å²) in [5, 5.41) is 45.1. The van der Waals surface area contributed by atoms with E-state index in [0.717, 1.165) is 262 Å². The molecule has 0 radical (unpaired) electrons. The number of H-pyrrole nitrogens is 8. The van der Waals surface area contributed by atoms with Gasteiger partial charge >= 0.3 is 0 Å². The van der Waals surface area contributed by atoms with Crippen molar-refractivity contribution in [2.24, 2.45) is 23.7 Å². The van der Waals surface area contributed by atoms with Crippen LogP contribution in [-0.4, -0.2) is 202 Å². The lowest BCUT2D eigenvalue weighted by atomic mass is 9.85. The molecule has 0 aromatic carbocycles. The van der Waals surface area contributed by atoms with Gasteiger partial charge in [-0.1, -0.05) is 38.5 Å². The molecule has 24 aromatic heterocycles. The molecule has 4 aliphatic carbocycles. The Morgan fingerprint density at radius 2 is 0.493 bits per heavy atom. The molecule has 4 fully saturated rings. The standard InChI is InChI=1S/C28H26N10O.C27H24N10O.C26H22N10O.C25H20N10O/c1-16-14-38(15-32-16)23-13-30-12-22-25(23)35-27(34-22)24-21-8-19(10-31-26(21)37-36-24)18-7-20(11-29-9-18)33-28(39)17-5-3-2-4-6-17;1-15-13-37(14-31-15)22-12-29-11-21-24(22)34-26(33-21)23-20-7-18(9-30-25(20)36-35-23)17-6-19(10-28-8-17)32-27(38)16-4-2-3-5-16;1-14-12-36(13-30-14)21-11-28-10-20-23(21)33-25(32-20)22-19-6-17(8-29-24(19)35-34-22)16-5-18(9-27-7-16)31-26(37)15-3-2-4-15;1-13-11-35(12-29-13)20-10-27-9-19-22(20)32-24(31-19)21-18-5-16(7-28-23(18)34-33-21)15-4-17(8-26-6-15)30-25(36)14-2-3-14/h7-15,17H,2-6H2,1H3,(H,33,39)(H,34,35)(H,31,36,37);6-14,16H,2-5H2,1H3,(H,32,38)(H,33,34)(H,30,35,36);5-13,15H,2-4H2,1H3,(H,31,37)(H,32,33)(H,29,34,35);4-12,14H,2-3H2,1H3,(H,30,36)(H,31,32)(H,28,33,34). The molecule has 44 heteroatoms. The predicted octanol–water partition coefficient (Wildman–Crippen LogP) is 17.5. The highest BCUT2D eigenvalue weighted by molar-refractivity contribution is 6.02. The van der Waals surface area contributed by atoms with Crippen molar-refractivity contribution in [2.45, 2.75) is 118 Å². The number of carbonyl (C=O) groups excluding carboxylic acids is 4. The summed E-state index contributed by atoms with van der Waals surface area (Å²) in [4.78, 5) is 153. The normalized spacial score (nSPS) is 13.9. The molecule has 0 unspecified atom stereocenters. The predicted molar refractivity (Wildman–Crippen MR) is 561 cm³/mol. The fourth-order valence-electron chi connectivity index (χ4n) is 19.3. The molecule has 0 spiro atoms. The molecule has 24 aromatic rings. The first-order valence-electron chi connectivity index (χ1n) is 49.3. The van der Waals surface area contributed by atoms with E-state index in [9.17, 15) is 19.2 Å². The Bertz CT molecular complexity index is 9320. The van der Waals surface area contributed by atoms with Gasteiger partial charge in [-0.15, -0.1) is 0 Å². The van der Waals surface area contributed by atoms with E-state index in [1.54, 1.807) is 149 Å². The summed E-state index contributed by atoms with van der Waals surface area (Å²) in [6.07, 6.45) is 63.9. The van der Waals surface area contributed by atoms with E-state index in [0.29, 0.717) is 68.6 Å². The second-order valence-corrected chi connectivity index (χ2v) is 38.0. The van der Waals surface area contributed by atoms with Gasteiger partial charge in [-0.3, -0.25) is 79.4 Å². The van der Waals surface area contributed by atoms with Crippen molar-refractivity contribution in [3.63, 3.8) is 0 Å². The lowest BCUT2D eigenvalue weighted by molar-refractivity contribution is -0.122. The number of imidazole rings is 8. The second kappa shape index (κ2) is 38.8. The molecule has 24 heterocycles. The number of nitrogens with zero attached hydrogens (tertiary/aromatic N) is 28. The lowest BCUT2D eigenvalue weighted by Crippen LogP contribution is -2.28. The van der Waals surface area contributed by atoms with Crippen LogP contribution in [0.15, 0.2) is 223 Å². The molecule has 0 atom stereocenters. The Morgan fingerprint density at radius 3 is 0.727 bits per heavy atom. The highest BCUT2D eigenvalue weighted by atomic mass is 16.2. The Hall–Kier alpha value is -19.7. The molecule has 740 valence electrons. The van der Waals surface area contributed by atoms with E-state index in [1.807, 2.05) is 119 Å². The molecule has 12 N–H and O–H groups in total. The number of pyridine rings is 12. The molecule has 0 aliphatic heterocycles. The van der Waals surface area contributed by atoms with Crippen LogP contribution < -0.4 is 21.3 Å². The number of aromatic nitrogens is 36. The highest BCUT2D eigenvalue weighted by Gasteiger charge is 2.32. The van der Waals surface area contributed by atoms with E-state index in [2.05, 4.69) is 162 Å². The van der Waals surface area contributed by atoms with Crippen LogP contribution in [0.3, 0.4) is 0 Å². The zero-order valence-corrected chi connectivity index (χ0v) is 81.1. The second-order valence-electron chi connectivity index (χ2n) is 38.0. The number of rotatable bonds is 20. The van der Waals surface area contributed by atoms with E-state index in [1.165, 1.54) is 6.42 Å². The van der Waals surface area contributed by atoms with Crippen molar-refractivity contribution in [2.75, 3.05) is 21.3 Å². The monoisotopic (exact) mass is 1990 g/mol. The van der Waals surface area contributed by atoms with Crippen molar-refractivity contribution < 1.29 is 19.2 Å². The molecular weight excluding hydrogens is 1900 g/mol. The summed E-state index contributed by atoms with van der Waals surface area (Å²) in [5.41, 5.74) is 27.9. The molecule has 4 saturated carbocycles. The number of nitrogens with one attached hydrogen (secondary N) is 12. The minimum absolute atomic E-state index is 0.0456. The molecule has 28 rings (SSSR count). The quantitative estimate of drug-likeness (QED) is 0.0337. The van der Waals surface area contributed by atoms with Crippen molar-refractivity contribution >= 4 is 135 Å². The van der Waals surface area contributed by atoms with Crippen molar-refractivity contribution in [3.05, 3.63) is 245 Å². The summed E-state index contributed by atoms with van der Waals surface area (Å²) in [7, 11) is 0. The first-order valence-corrected chi connectivity index (χ1v) is 49.3. The van der Waals surface area contributed by atoms with Crippen LogP contribution in [0.25, 0.3) is 202 Å². The summed E-state index contributed by atoms with van der Waals surface area (Å²) < 4.78 is 7.63. The number of aromatic amines is 8. The first kappa shape index (κ1) is 91.5. The number of hydrogen-bond donors (Lipinski definition) is 12. The molecular formula is C106H92N40O4. The molecule has 150 heavy (non-hydrogen) atoms. The Kier molecular flexibility index (Phi) is 23.6. The number of carbonyl (C=O) groups is 4. The Morgan fingerprint density at radius 1 is 0.260 bits per heavy atom. The lowest BCUT2D eigenvalue weighted by Gasteiger charge is -2.24. The highest BCUT2D eigenvalue weighted by Crippen LogP contribution is 2.41. The van der Waals surface area contributed by atoms with Gasteiger partial charge in [-0.2, -0.15) is 20.4 Å². The van der Waals surface area contributed by atoms with Crippen LogP contribution in [0, 0.1) is 51.4 Å². The summed E-state index contributed by atoms with van der Waals surface area (Å²) in [6.45, 7) is 7.76. The minimum Gasteiger partial charge on any atom is -0.335 e. The van der Waals surface area contributed by atoms with Gasteiger partial charge in [0.15, 0.2) is 45.9 Å². The van der Waals surface area contributed by atoms with Crippen molar-refractivity contribution in [1.82, 2.24) is 179 Å². The zero-order valence-electron chi connectivity index (χ0n) is 81.1. The van der Waals surface area contributed by atoms with Gasteiger partial charge < -0.3 is 59.5 Å². The van der Waals surface area contributed by atoms with Crippen LogP contribution in [0.4, 0.5) is 22.7 Å². The number of aryl methyl sites for hydroxylation is 4. The van der Waals surface area contributed by atoms with Gasteiger partial charge in [0.1, 0.15) is 44.8 Å². The molecule has 0 saturated heterocycles. The largest absolute Gasteiger partial charge is 0.335 e. The first-order chi connectivity index (χ1) is 73.5. The average molecular weight is 1990 g/mol. The van der Waals surface area contributed by atoms with Crippen LogP contribution in [-0.2, 0) is 19.2 Å². The van der Waals surface area contributed by atoms with Gasteiger partial charge in [0.2, 0.25) is 23.6 Å². The van der Waals surface area contributed by atoms with Crippen LogP contribution in [0.5, 0.6) is 0 Å². The third-order valence-corrected chi connectivity index (χ3v) is 27.5. The maximum absolute atomic E-state index is 12.8. The van der Waals surface area contributed by atoms with Crippen LogP contribution >= 0.6 is 0 Å². The molecule has 44 nitrogen and oxygen atoms in total. The third kappa shape index (κ3) is 18.4. The van der Waals surface area contributed by atoms with E-state index in [4.69, 9.17) is 19.9 Å². The summed E-state index contributed by atoms with van der Waals surface area (Å²) in [6, 6.07) is 15.7. The number of hydrogen-bond acceptors (Lipinski definition) is 28. The van der Waals surface area contributed by atoms with Crippen molar-refractivity contribution in [3.8, 4) is 113 Å². The van der Waals surface area contributed by atoms with Gasteiger partial charge in [0.25, 0.3) is 0 Å². The smallest absolute Gasteiger partial charge is 0.227 e. The maximum Gasteiger partial charge on any atom is 0.227 e. The summed E-state index contributed by atoms with van der Waals surface area (Å²) in [5.74, 6) is 3.14. The average Bonchev–Trinajstić information content (AvgIpc) is 1.62. The molecule has 0 bridgehead atoms. The third-order valence-electron chi connectivity index (χ3n) is 27.5. The fraction of sp³-hybridized carbons (Fsp3) is 0.208. The summed E-state index contributed by atoms with van der Waals surface area (Å²) >= 11 is 0. The van der Waals surface area contributed by atoms with E-state index < -0.39 is 0 Å². The Labute approximate surface area is 849 Å². The maximum atomic E-state index is 12.8. The zero-order chi connectivity index (χ0) is 101. The minimum atomic E-state index is 0.0456. The van der Waals surface area contributed by atoms with Gasteiger partial charge in [-0.05, 0) is 128 Å². The Balaban J connectivity index is 0.000000104. The number of amides is 4.